The van der Waals surface area contributed by atoms with Crippen LogP contribution in [0, 0.1) is 0 Å². The summed E-state index contributed by atoms with van der Waals surface area (Å²) in [4.78, 5) is 25.0. The predicted molar refractivity (Wildman–Crippen MR) is 83.7 cm³/mol. The molecule has 1 fully saturated rings. The van der Waals surface area contributed by atoms with Crippen molar-refractivity contribution in [2.24, 2.45) is 0 Å². The largest absolute Gasteiger partial charge is 0.480 e. The average molecular weight is 300 g/mol. The first-order chi connectivity index (χ1) is 10.6. The number of carboxylic acids is 1. The van der Waals surface area contributed by atoms with E-state index in [1.807, 2.05) is 30.5 Å². The predicted octanol–water partition coefficient (Wildman–Crippen LogP) is 2.28. The Morgan fingerprint density at radius 3 is 2.68 bits per heavy atom. The zero-order chi connectivity index (χ0) is 15.7. The van der Waals surface area contributed by atoms with E-state index in [0.717, 1.165) is 35.9 Å². The van der Waals surface area contributed by atoms with E-state index >= 15 is 0 Å². The smallest absolute Gasteiger partial charge is 0.323 e. The Hall–Kier alpha value is -2.30. The van der Waals surface area contributed by atoms with Crippen LogP contribution in [-0.2, 0) is 22.6 Å². The van der Waals surface area contributed by atoms with Gasteiger partial charge in [0.1, 0.15) is 6.54 Å². The molecule has 0 atom stereocenters. The van der Waals surface area contributed by atoms with E-state index in [1.165, 1.54) is 4.90 Å². The lowest BCUT2D eigenvalue weighted by molar-refractivity contribution is -0.144. The molecule has 1 aromatic carbocycles. The lowest BCUT2D eigenvalue weighted by Crippen LogP contribution is -2.38. The lowest BCUT2D eigenvalue weighted by atomic mass is 10.1. The summed E-state index contributed by atoms with van der Waals surface area (Å²) in [5.74, 6) is -1.04. The number of rotatable bonds is 6. The number of benzene rings is 1. The summed E-state index contributed by atoms with van der Waals surface area (Å²) >= 11 is 0. The van der Waals surface area contributed by atoms with Gasteiger partial charge in [0.2, 0.25) is 5.91 Å². The van der Waals surface area contributed by atoms with Crippen molar-refractivity contribution in [2.45, 2.75) is 38.8 Å². The van der Waals surface area contributed by atoms with E-state index in [-0.39, 0.29) is 24.9 Å². The van der Waals surface area contributed by atoms with Crippen LogP contribution >= 0.6 is 0 Å². The van der Waals surface area contributed by atoms with Crippen molar-refractivity contribution in [1.29, 1.82) is 0 Å². The summed E-state index contributed by atoms with van der Waals surface area (Å²) in [5, 5.41) is 10.1. The second kappa shape index (κ2) is 5.83. The summed E-state index contributed by atoms with van der Waals surface area (Å²) in [6.45, 7) is 2.71. The topological polar surface area (TPSA) is 62.5 Å². The molecule has 0 radical (unpaired) electrons. The monoisotopic (exact) mass is 300 g/mol. The molecule has 5 nitrogen and oxygen atoms in total. The first-order valence-electron chi connectivity index (χ1n) is 7.68. The maximum atomic E-state index is 12.5. The van der Waals surface area contributed by atoms with Crippen molar-refractivity contribution in [2.75, 3.05) is 6.54 Å². The van der Waals surface area contributed by atoms with Crippen molar-refractivity contribution >= 4 is 22.8 Å². The first-order valence-corrected chi connectivity index (χ1v) is 7.68. The number of hydrogen-bond donors (Lipinski definition) is 1. The maximum absolute atomic E-state index is 12.5. The van der Waals surface area contributed by atoms with Crippen molar-refractivity contribution in [3.63, 3.8) is 0 Å². The SMILES string of the molecule is CCn1cc(CC(=O)N(CC(=O)O)C2CC2)c2ccccc21. The first kappa shape index (κ1) is 14.6. The maximum Gasteiger partial charge on any atom is 0.323 e. The van der Waals surface area contributed by atoms with Gasteiger partial charge in [0.25, 0.3) is 0 Å². The van der Waals surface area contributed by atoms with Gasteiger partial charge < -0.3 is 14.6 Å². The van der Waals surface area contributed by atoms with Crippen molar-refractivity contribution < 1.29 is 14.7 Å². The molecule has 1 N–H and O–H groups in total. The molecule has 2 aromatic rings. The van der Waals surface area contributed by atoms with Gasteiger partial charge in [-0.15, -0.1) is 0 Å². The second-order valence-electron chi connectivity index (χ2n) is 5.78. The molecule has 3 rings (SSSR count). The minimum absolute atomic E-state index is 0.0936. The van der Waals surface area contributed by atoms with Crippen LogP contribution < -0.4 is 0 Å². The third-order valence-corrected chi connectivity index (χ3v) is 4.17. The van der Waals surface area contributed by atoms with Gasteiger partial charge in [0, 0.05) is 29.7 Å². The molecule has 1 aliphatic carbocycles. The van der Waals surface area contributed by atoms with E-state index in [4.69, 9.17) is 5.11 Å². The Kier molecular flexibility index (Phi) is 3.88. The van der Waals surface area contributed by atoms with Crippen LogP contribution in [0.2, 0.25) is 0 Å². The van der Waals surface area contributed by atoms with Crippen molar-refractivity contribution in [3.05, 3.63) is 36.0 Å². The molecule has 1 aromatic heterocycles. The van der Waals surface area contributed by atoms with Gasteiger partial charge in [-0.2, -0.15) is 0 Å². The fourth-order valence-corrected chi connectivity index (χ4v) is 2.94. The van der Waals surface area contributed by atoms with Crippen molar-refractivity contribution in [3.8, 4) is 0 Å². The highest BCUT2D eigenvalue weighted by Gasteiger charge is 2.33. The fraction of sp³-hybridized carbons (Fsp3) is 0.412. The molecule has 0 unspecified atom stereocenters. The normalized spacial score (nSPS) is 14.2. The van der Waals surface area contributed by atoms with Crippen LogP contribution in [0.3, 0.4) is 0 Å². The second-order valence-corrected chi connectivity index (χ2v) is 5.78. The van der Waals surface area contributed by atoms with Crippen LogP contribution in [0.25, 0.3) is 10.9 Å². The van der Waals surface area contributed by atoms with Crippen LogP contribution in [0.5, 0.6) is 0 Å². The summed E-state index contributed by atoms with van der Waals surface area (Å²) in [6.07, 6.45) is 4.09. The Labute approximate surface area is 129 Å². The molecule has 1 aliphatic rings. The molecule has 1 heterocycles. The van der Waals surface area contributed by atoms with Gasteiger partial charge in [-0.3, -0.25) is 9.59 Å². The van der Waals surface area contributed by atoms with E-state index in [0.29, 0.717) is 0 Å². The molecule has 1 amide bonds. The van der Waals surface area contributed by atoms with Crippen LogP contribution in [0.15, 0.2) is 30.5 Å². The van der Waals surface area contributed by atoms with E-state index in [1.54, 1.807) is 0 Å². The number of para-hydroxylation sites is 1. The minimum atomic E-state index is -0.948. The Balaban J connectivity index is 1.85. The van der Waals surface area contributed by atoms with Crippen LogP contribution in [0.1, 0.15) is 25.3 Å². The molecular weight excluding hydrogens is 280 g/mol. The molecule has 5 heteroatoms. The molecule has 1 saturated carbocycles. The number of fused-ring (bicyclic) bond motifs is 1. The number of aromatic nitrogens is 1. The fourth-order valence-electron chi connectivity index (χ4n) is 2.94. The summed E-state index contributed by atoms with van der Waals surface area (Å²) in [7, 11) is 0. The Morgan fingerprint density at radius 1 is 1.32 bits per heavy atom. The number of aryl methyl sites for hydroxylation is 1. The highest BCUT2D eigenvalue weighted by Crippen LogP contribution is 2.28. The van der Waals surface area contributed by atoms with Crippen LogP contribution in [-0.4, -0.2) is 39.0 Å². The van der Waals surface area contributed by atoms with Gasteiger partial charge in [-0.25, -0.2) is 0 Å². The minimum Gasteiger partial charge on any atom is -0.480 e. The highest BCUT2D eigenvalue weighted by atomic mass is 16.4. The lowest BCUT2D eigenvalue weighted by Gasteiger charge is -2.20. The standard InChI is InChI=1S/C17H20N2O3/c1-2-18-10-12(14-5-3-4-6-15(14)18)9-16(20)19(11-17(21)22)13-7-8-13/h3-6,10,13H,2,7-9,11H2,1H3,(H,21,22). The van der Waals surface area contributed by atoms with E-state index in [9.17, 15) is 9.59 Å². The number of amides is 1. The number of carbonyl (C=O) groups is 2. The molecular formula is C17H20N2O3. The van der Waals surface area contributed by atoms with Gasteiger partial charge in [-0.1, -0.05) is 18.2 Å². The van der Waals surface area contributed by atoms with Gasteiger partial charge >= 0.3 is 5.97 Å². The molecule has 0 spiro atoms. The highest BCUT2D eigenvalue weighted by molar-refractivity contribution is 5.90. The van der Waals surface area contributed by atoms with Crippen molar-refractivity contribution in [1.82, 2.24) is 9.47 Å². The van der Waals surface area contributed by atoms with Gasteiger partial charge in [-0.05, 0) is 31.4 Å². The number of nitrogens with zero attached hydrogens (tertiary/aromatic N) is 2. The van der Waals surface area contributed by atoms with Crippen LogP contribution in [0.4, 0.5) is 0 Å². The summed E-state index contributed by atoms with van der Waals surface area (Å²) in [6, 6.07) is 8.13. The number of aliphatic carboxylic acids is 1. The summed E-state index contributed by atoms with van der Waals surface area (Å²) < 4.78 is 2.12. The number of carbonyl (C=O) groups excluding carboxylic acids is 1. The molecule has 22 heavy (non-hydrogen) atoms. The molecule has 0 aliphatic heterocycles. The zero-order valence-corrected chi connectivity index (χ0v) is 12.7. The zero-order valence-electron chi connectivity index (χ0n) is 12.7. The Bertz CT molecular complexity index is 716. The van der Waals surface area contributed by atoms with E-state index < -0.39 is 5.97 Å². The van der Waals surface area contributed by atoms with E-state index in [2.05, 4.69) is 11.5 Å². The summed E-state index contributed by atoms with van der Waals surface area (Å²) in [5.41, 5.74) is 2.09. The third-order valence-electron chi connectivity index (χ3n) is 4.17. The third kappa shape index (κ3) is 2.84. The molecule has 116 valence electrons. The quantitative estimate of drug-likeness (QED) is 0.890. The molecule has 0 bridgehead atoms. The van der Waals surface area contributed by atoms with Gasteiger partial charge in [0.15, 0.2) is 0 Å². The molecule has 0 saturated heterocycles. The van der Waals surface area contributed by atoms with Gasteiger partial charge in [0.05, 0.1) is 6.42 Å². The Morgan fingerprint density at radius 2 is 2.05 bits per heavy atom. The average Bonchev–Trinajstić information content (AvgIpc) is 3.28. The number of hydrogen-bond acceptors (Lipinski definition) is 2. The number of carboxylic acid groups (broad SMARTS) is 1.